The number of alkyl carbamates (subject to hydrolysis) is 1. The SMILES string of the molecule is O=C(NCCC(O)C(O)c1ccc2[nH]c3c(c2c1)CCCC3)OCC1c2ccccc2-c2ccccc21. The summed E-state index contributed by atoms with van der Waals surface area (Å²) in [4.78, 5) is 15.9. The Morgan fingerprint density at radius 1 is 0.973 bits per heavy atom. The van der Waals surface area contributed by atoms with Gasteiger partial charge in [-0.15, -0.1) is 0 Å². The minimum absolute atomic E-state index is 0.000318. The molecule has 6 nitrogen and oxygen atoms in total. The number of aromatic amines is 1. The average Bonchev–Trinajstić information content (AvgIpc) is 3.46. The largest absolute Gasteiger partial charge is 0.449 e. The summed E-state index contributed by atoms with van der Waals surface area (Å²) in [6.45, 7) is 0.447. The minimum Gasteiger partial charge on any atom is -0.449 e. The molecule has 3 aromatic carbocycles. The molecule has 2 aliphatic carbocycles. The van der Waals surface area contributed by atoms with Gasteiger partial charge in [0.15, 0.2) is 0 Å². The first kappa shape index (κ1) is 23.8. The number of nitrogens with one attached hydrogen (secondary N) is 2. The van der Waals surface area contributed by atoms with Crippen LogP contribution in [0.25, 0.3) is 22.0 Å². The van der Waals surface area contributed by atoms with Gasteiger partial charge in [-0.2, -0.15) is 0 Å². The summed E-state index contributed by atoms with van der Waals surface area (Å²) in [5, 5.41) is 25.3. The number of carbonyl (C=O) groups excluding carboxylic acids is 1. The number of aliphatic hydroxyl groups excluding tert-OH is 2. The number of rotatable bonds is 7. The first-order chi connectivity index (χ1) is 18.1. The second-order valence-corrected chi connectivity index (χ2v) is 10.1. The number of aliphatic hydroxyl groups is 2. The van der Waals surface area contributed by atoms with Crippen LogP contribution in [-0.4, -0.2) is 40.5 Å². The monoisotopic (exact) mass is 496 g/mol. The highest BCUT2D eigenvalue weighted by Crippen LogP contribution is 2.44. The fourth-order valence-electron chi connectivity index (χ4n) is 5.96. The van der Waals surface area contributed by atoms with E-state index in [2.05, 4.69) is 34.6 Å². The maximum Gasteiger partial charge on any atom is 0.407 e. The van der Waals surface area contributed by atoms with Gasteiger partial charge in [-0.3, -0.25) is 0 Å². The minimum atomic E-state index is -1.03. The molecule has 2 atom stereocenters. The van der Waals surface area contributed by atoms with E-state index in [-0.39, 0.29) is 25.5 Å². The normalized spacial score (nSPS) is 16.1. The molecule has 0 saturated heterocycles. The highest BCUT2D eigenvalue weighted by atomic mass is 16.5. The van der Waals surface area contributed by atoms with Gasteiger partial charge < -0.3 is 25.3 Å². The van der Waals surface area contributed by atoms with E-state index in [4.69, 9.17) is 4.74 Å². The molecule has 0 bridgehead atoms. The number of hydrogen-bond acceptors (Lipinski definition) is 4. The molecule has 4 aromatic rings. The second kappa shape index (κ2) is 10.0. The van der Waals surface area contributed by atoms with Gasteiger partial charge in [0.2, 0.25) is 0 Å². The van der Waals surface area contributed by atoms with Crippen LogP contribution in [0.4, 0.5) is 4.79 Å². The van der Waals surface area contributed by atoms with Crippen LogP contribution in [0.1, 0.15) is 59.2 Å². The van der Waals surface area contributed by atoms with Gasteiger partial charge in [0, 0.05) is 29.1 Å². The summed E-state index contributed by atoms with van der Waals surface area (Å²) >= 11 is 0. The van der Waals surface area contributed by atoms with Crippen molar-refractivity contribution in [2.45, 2.75) is 50.2 Å². The average molecular weight is 497 g/mol. The van der Waals surface area contributed by atoms with E-state index in [0.29, 0.717) is 5.56 Å². The van der Waals surface area contributed by atoms with Crippen molar-refractivity contribution in [1.82, 2.24) is 10.3 Å². The quantitative estimate of drug-likeness (QED) is 0.277. The van der Waals surface area contributed by atoms with Gasteiger partial charge in [0.05, 0.1) is 6.10 Å². The maximum atomic E-state index is 12.4. The lowest BCUT2D eigenvalue weighted by molar-refractivity contribution is 0.0137. The first-order valence-electron chi connectivity index (χ1n) is 13.2. The molecule has 1 heterocycles. The van der Waals surface area contributed by atoms with Crippen LogP contribution in [0.2, 0.25) is 0 Å². The Balaban J connectivity index is 1.03. The third-order valence-electron chi connectivity index (χ3n) is 7.88. The third-order valence-corrected chi connectivity index (χ3v) is 7.88. The van der Waals surface area contributed by atoms with Crippen LogP contribution in [0.3, 0.4) is 0 Å². The summed E-state index contributed by atoms with van der Waals surface area (Å²) in [5.74, 6) is -0.000318. The number of aryl methyl sites for hydroxylation is 2. The van der Waals surface area contributed by atoms with E-state index in [9.17, 15) is 15.0 Å². The lowest BCUT2D eigenvalue weighted by Crippen LogP contribution is -2.30. The van der Waals surface area contributed by atoms with Crippen molar-refractivity contribution in [3.63, 3.8) is 0 Å². The number of H-pyrrole nitrogens is 1. The smallest absolute Gasteiger partial charge is 0.407 e. The summed E-state index contributed by atoms with van der Waals surface area (Å²) in [6.07, 6.45) is 2.15. The molecule has 4 N–H and O–H groups in total. The van der Waals surface area contributed by atoms with Crippen molar-refractivity contribution >= 4 is 17.0 Å². The number of amides is 1. The number of carbonyl (C=O) groups is 1. The summed E-state index contributed by atoms with van der Waals surface area (Å²) in [7, 11) is 0. The number of benzene rings is 3. The highest BCUT2D eigenvalue weighted by molar-refractivity contribution is 5.85. The number of hydrogen-bond donors (Lipinski definition) is 4. The van der Waals surface area contributed by atoms with Gasteiger partial charge in [0.1, 0.15) is 12.7 Å². The predicted molar refractivity (Wildman–Crippen MR) is 144 cm³/mol. The molecule has 1 amide bonds. The molecule has 6 rings (SSSR count). The van der Waals surface area contributed by atoms with Crippen LogP contribution in [0, 0.1) is 0 Å². The zero-order valence-electron chi connectivity index (χ0n) is 20.7. The van der Waals surface area contributed by atoms with Crippen LogP contribution < -0.4 is 5.32 Å². The first-order valence-corrected chi connectivity index (χ1v) is 13.2. The molecule has 0 fully saturated rings. The Hall–Kier alpha value is -3.61. The Morgan fingerprint density at radius 2 is 1.68 bits per heavy atom. The van der Waals surface area contributed by atoms with Gasteiger partial charge >= 0.3 is 6.09 Å². The van der Waals surface area contributed by atoms with Crippen molar-refractivity contribution < 1.29 is 19.7 Å². The van der Waals surface area contributed by atoms with Gasteiger partial charge in [-0.1, -0.05) is 54.6 Å². The number of ether oxygens (including phenoxy) is 1. The van der Waals surface area contributed by atoms with E-state index in [1.807, 2.05) is 42.5 Å². The third kappa shape index (κ3) is 4.52. The standard InChI is InChI=1S/C31H32N2O4/c34-29(30(35)19-13-14-28-25(17-19)24-11-5-6-12-27(24)33-28)15-16-32-31(36)37-18-26-22-9-3-1-7-20(22)21-8-2-4-10-23(21)26/h1-4,7-10,13-14,17,26,29-30,33-35H,5-6,11-12,15-16,18H2,(H,32,36). The molecule has 37 heavy (non-hydrogen) atoms. The molecule has 1 aromatic heterocycles. The number of fused-ring (bicyclic) bond motifs is 6. The molecule has 0 radical (unpaired) electrons. The highest BCUT2D eigenvalue weighted by Gasteiger charge is 2.29. The topological polar surface area (TPSA) is 94.6 Å². The van der Waals surface area contributed by atoms with E-state index >= 15 is 0 Å². The summed E-state index contributed by atoms with van der Waals surface area (Å²) in [6, 6.07) is 22.3. The van der Waals surface area contributed by atoms with E-state index in [1.54, 1.807) is 0 Å². The van der Waals surface area contributed by atoms with Crippen molar-refractivity contribution in [3.05, 3.63) is 94.7 Å². The van der Waals surface area contributed by atoms with Crippen molar-refractivity contribution in [3.8, 4) is 11.1 Å². The second-order valence-electron chi connectivity index (χ2n) is 10.1. The fourth-order valence-corrected chi connectivity index (χ4v) is 5.96. The van der Waals surface area contributed by atoms with Gasteiger partial charge in [0.25, 0.3) is 0 Å². The van der Waals surface area contributed by atoms with E-state index in [0.717, 1.165) is 34.9 Å². The zero-order valence-corrected chi connectivity index (χ0v) is 20.7. The summed E-state index contributed by atoms with van der Waals surface area (Å²) < 4.78 is 5.56. The molecule has 2 unspecified atom stereocenters. The van der Waals surface area contributed by atoms with Gasteiger partial charge in [-0.25, -0.2) is 4.79 Å². The predicted octanol–water partition coefficient (Wildman–Crippen LogP) is 5.37. The van der Waals surface area contributed by atoms with E-state index < -0.39 is 18.3 Å². The summed E-state index contributed by atoms with van der Waals surface area (Å²) in [5.41, 5.74) is 9.08. The molecule has 0 saturated carbocycles. The van der Waals surface area contributed by atoms with E-state index in [1.165, 1.54) is 35.2 Å². The zero-order chi connectivity index (χ0) is 25.4. The van der Waals surface area contributed by atoms with Gasteiger partial charge in [-0.05, 0) is 77.6 Å². The molecule has 0 aliphatic heterocycles. The Morgan fingerprint density at radius 3 is 2.43 bits per heavy atom. The van der Waals surface area contributed by atoms with Crippen LogP contribution >= 0.6 is 0 Å². The maximum absolute atomic E-state index is 12.4. The van der Waals surface area contributed by atoms with Crippen LogP contribution in [0.15, 0.2) is 66.7 Å². The molecule has 6 heteroatoms. The molecule has 0 spiro atoms. The van der Waals surface area contributed by atoms with Crippen molar-refractivity contribution in [2.24, 2.45) is 0 Å². The van der Waals surface area contributed by atoms with Crippen LogP contribution in [0.5, 0.6) is 0 Å². The van der Waals surface area contributed by atoms with Crippen LogP contribution in [-0.2, 0) is 17.6 Å². The van der Waals surface area contributed by atoms with Crippen molar-refractivity contribution in [1.29, 1.82) is 0 Å². The molecular formula is C31H32N2O4. The fraction of sp³-hybridized carbons (Fsp3) is 0.323. The molecule has 2 aliphatic rings. The molecular weight excluding hydrogens is 464 g/mol. The Kier molecular flexibility index (Phi) is 6.45. The molecule has 190 valence electrons. The number of aromatic nitrogens is 1. The van der Waals surface area contributed by atoms with Crippen molar-refractivity contribution in [2.75, 3.05) is 13.2 Å². The Bertz CT molecular complexity index is 1400. The lowest BCUT2D eigenvalue weighted by atomic mass is 9.94. The lowest BCUT2D eigenvalue weighted by Gasteiger charge is -2.19. The Labute approximate surface area is 216 Å².